The average Bonchev–Trinajstić information content (AvgIpc) is 2.85. The van der Waals surface area contributed by atoms with Crippen LogP contribution in [0.25, 0.3) is 6.08 Å². The van der Waals surface area contributed by atoms with Crippen molar-refractivity contribution in [3.8, 4) is 5.75 Å². The summed E-state index contributed by atoms with van der Waals surface area (Å²) in [6.45, 7) is 3.86. The smallest absolute Gasteiger partial charge is 0.327 e. The molecule has 0 saturated carbocycles. The molecular formula is C17H15NO6S2. The molecular weight excluding hydrogens is 378 g/mol. The van der Waals surface area contributed by atoms with Crippen LogP contribution in [-0.4, -0.2) is 49.9 Å². The van der Waals surface area contributed by atoms with Gasteiger partial charge in [0.1, 0.15) is 22.7 Å². The highest BCUT2D eigenvalue weighted by Crippen LogP contribution is 2.36. The minimum Gasteiger partial charge on any atom is -0.489 e. The number of ether oxygens (including phenoxy) is 1. The van der Waals surface area contributed by atoms with Gasteiger partial charge >= 0.3 is 11.9 Å². The molecule has 1 saturated heterocycles. The van der Waals surface area contributed by atoms with Crippen LogP contribution < -0.4 is 4.74 Å². The minimum absolute atomic E-state index is 0.000564. The molecule has 1 unspecified atom stereocenters. The van der Waals surface area contributed by atoms with Crippen molar-refractivity contribution in [2.24, 2.45) is 0 Å². The Morgan fingerprint density at radius 2 is 2.04 bits per heavy atom. The Morgan fingerprint density at radius 1 is 1.35 bits per heavy atom. The number of nitrogens with zero attached hydrogens (tertiary/aromatic N) is 1. The normalized spacial score (nSPS) is 16.6. The van der Waals surface area contributed by atoms with Crippen LogP contribution in [0.2, 0.25) is 0 Å². The number of thioether (sulfide) groups is 1. The van der Waals surface area contributed by atoms with Gasteiger partial charge < -0.3 is 14.9 Å². The van der Waals surface area contributed by atoms with Crippen molar-refractivity contribution in [2.45, 2.75) is 12.5 Å². The molecule has 136 valence electrons. The summed E-state index contributed by atoms with van der Waals surface area (Å²) in [6, 6.07) is 5.43. The topological polar surface area (TPSA) is 104 Å². The Morgan fingerprint density at radius 3 is 2.65 bits per heavy atom. The third kappa shape index (κ3) is 4.50. The van der Waals surface area contributed by atoms with Crippen LogP contribution in [0.5, 0.6) is 5.75 Å². The molecule has 0 spiro atoms. The molecule has 2 N–H and O–H groups in total. The van der Waals surface area contributed by atoms with Gasteiger partial charge in [0.05, 0.1) is 11.3 Å². The maximum atomic E-state index is 12.6. The van der Waals surface area contributed by atoms with Gasteiger partial charge in [0, 0.05) is 5.56 Å². The van der Waals surface area contributed by atoms with Crippen LogP contribution in [0.4, 0.5) is 0 Å². The second-order valence-corrected chi connectivity index (χ2v) is 6.82. The Balaban J connectivity index is 2.33. The van der Waals surface area contributed by atoms with E-state index < -0.39 is 30.3 Å². The molecule has 9 heteroatoms. The number of carboxylic acid groups (broad SMARTS) is 2. The zero-order valence-corrected chi connectivity index (χ0v) is 15.1. The lowest BCUT2D eigenvalue weighted by atomic mass is 10.1. The van der Waals surface area contributed by atoms with E-state index in [1.54, 1.807) is 30.3 Å². The number of carbonyl (C=O) groups excluding carboxylic acids is 1. The summed E-state index contributed by atoms with van der Waals surface area (Å²) >= 11 is 6.01. The van der Waals surface area contributed by atoms with Crippen molar-refractivity contribution >= 4 is 52.2 Å². The van der Waals surface area contributed by atoms with E-state index in [1.165, 1.54) is 6.08 Å². The summed E-state index contributed by atoms with van der Waals surface area (Å²) in [6.07, 6.45) is 2.38. The van der Waals surface area contributed by atoms with Crippen LogP contribution in [0, 0.1) is 0 Å². The van der Waals surface area contributed by atoms with Crippen molar-refractivity contribution in [2.75, 3.05) is 6.61 Å². The molecule has 1 fully saturated rings. The maximum Gasteiger partial charge on any atom is 0.327 e. The first-order valence-corrected chi connectivity index (χ1v) is 8.62. The second-order valence-electron chi connectivity index (χ2n) is 5.14. The van der Waals surface area contributed by atoms with Crippen LogP contribution >= 0.6 is 24.0 Å². The van der Waals surface area contributed by atoms with Crippen molar-refractivity contribution in [1.29, 1.82) is 0 Å². The largest absolute Gasteiger partial charge is 0.489 e. The molecule has 7 nitrogen and oxygen atoms in total. The highest BCUT2D eigenvalue weighted by molar-refractivity contribution is 8.26. The number of rotatable bonds is 8. The number of amides is 1. The number of hydrogen-bond acceptors (Lipinski definition) is 6. The third-order valence-electron chi connectivity index (χ3n) is 3.35. The van der Waals surface area contributed by atoms with Crippen molar-refractivity contribution in [3.05, 3.63) is 47.4 Å². The SMILES string of the molecule is C=CCOc1ccccc1/C=C1/SC(=S)N(C(CC(=O)O)C(=O)O)C1=O. The fraction of sp³-hybridized carbons (Fsp3) is 0.176. The summed E-state index contributed by atoms with van der Waals surface area (Å²) in [5, 5.41) is 18.2. The molecule has 0 radical (unpaired) electrons. The molecule has 0 aromatic heterocycles. The van der Waals surface area contributed by atoms with Gasteiger partial charge in [-0.15, -0.1) is 0 Å². The van der Waals surface area contributed by atoms with E-state index in [4.69, 9.17) is 22.1 Å². The van der Waals surface area contributed by atoms with Gasteiger partial charge in [0.2, 0.25) is 0 Å². The van der Waals surface area contributed by atoms with Crippen LogP contribution in [-0.2, 0) is 14.4 Å². The molecule has 1 aromatic carbocycles. The number of carboxylic acids is 2. The first-order valence-electron chi connectivity index (χ1n) is 7.39. The lowest BCUT2D eigenvalue weighted by Gasteiger charge is -2.21. The monoisotopic (exact) mass is 393 g/mol. The van der Waals surface area contributed by atoms with Crippen LogP contribution in [0.3, 0.4) is 0 Å². The Bertz CT molecular complexity index is 804. The molecule has 1 heterocycles. The summed E-state index contributed by atoms with van der Waals surface area (Å²) in [5.74, 6) is -2.89. The molecule has 1 atom stereocenters. The van der Waals surface area contributed by atoms with E-state index in [0.717, 1.165) is 16.7 Å². The van der Waals surface area contributed by atoms with Crippen molar-refractivity contribution in [1.82, 2.24) is 4.90 Å². The first-order chi connectivity index (χ1) is 12.3. The van der Waals surface area contributed by atoms with E-state index >= 15 is 0 Å². The Hall–Kier alpha value is -2.65. The van der Waals surface area contributed by atoms with E-state index in [1.807, 2.05) is 0 Å². The standard InChI is InChI=1S/C17H15NO6S2/c1-2-7-24-12-6-4-3-5-10(12)8-13-15(21)18(17(25)26-13)11(16(22)23)9-14(19)20/h2-6,8,11H,1,7,9H2,(H,19,20)(H,22,23)/b13-8+. The van der Waals surface area contributed by atoms with E-state index in [0.29, 0.717) is 11.3 Å². The number of carbonyl (C=O) groups is 3. The van der Waals surface area contributed by atoms with Crippen LogP contribution in [0.1, 0.15) is 12.0 Å². The van der Waals surface area contributed by atoms with Gasteiger partial charge in [-0.1, -0.05) is 54.8 Å². The van der Waals surface area contributed by atoms with E-state index in [-0.39, 0.29) is 15.8 Å². The summed E-state index contributed by atoms with van der Waals surface area (Å²) in [5.41, 5.74) is 0.611. The molecule has 1 aliphatic rings. The van der Waals surface area contributed by atoms with Gasteiger partial charge in [0.15, 0.2) is 0 Å². The lowest BCUT2D eigenvalue weighted by molar-refractivity contribution is -0.150. The fourth-order valence-corrected chi connectivity index (χ4v) is 3.57. The predicted molar refractivity (Wildman–Crippen MR) is 101 cm³/mol. The number of thiocarbonyl (C=S) groups is 1. The minimum atomic E-state index is -1.56. The number of aliphatic carboxylic acids is 2. The fourth-order valence-electron chi connectivity index (χ4n) is 2.22. The summed E-state index contributed by atoms with van der Waals surface area (Å²) < 4.78 is 5.52. The van der Waals surface area contributed by atoms with E-state index in [9.17, 15) is 19.5 Å². The summed E-state index contributed by atoms with van der Waals surface area (Å²) in [7, 11) is 0. The lowest BCUT2D eigenvalue weighted by Crippen LogP contribution is -2.45. The van der Waals surface area contributed by atoms with Gasteiger partial charge in [0.25, 0.3) is 5.91 Å². The first kappa shape index (κ1) is 19.7. The highest BCUT2D eigenvalue weighted by atomic mass is 32.2. The molecule has 1 amide bonds. The molecule has 26 heavy (non-hydrogen) atoms. The van der Waals surface area contributed by atoms with Gasteiger partial charge in [-0.25, -0.2) is 4.79 Å². The number of benzene rings is 1. The molecule has 1 aliphatic heterocycles. The molecule has 0 aliphatic carbocycles. The average molecular weight is 393 g/mol. The van der Waals surface area contributed by atoms with Gasteiger partial charge in [-0.2, -0.15) is 0 Å². The number of para-hydroxylation sites is 1. The third-order valence-corrected chi connectivity index (χ3v) is 4.68. The molecule has 0 bridgehead atoms. The highest BCUT2D eigenvalue weighted by Gasteiger charge is 2.41. The zero-order valence-electron chi connectivity index (χ0n) is 13.5. The van der Waals surface area contributed by atoms with Gasteiger partial charge in [-0.3, -0.25) is 14.5 Å². The summed E-state index contributed by atoms with van der Waals surface area (Å²) in [4.78, 5) is 35.9. The van der Waals surface area contributed by atoms with Crippen molar-refractivity contribution < 1.29 is 29.3 Å². The Kier molecular flexibility index (Phi) is 6.53. The maximum absolute atomic E-state index is 12.6. The quantitative estimate of drug-likeness (QED) is 0.394. The molecule has 1 aromatic rings. The van der Waals surface area contributed by atoms with Gasteiger partial charge in [-0.05, 0) is 12.1 Å². The van der Waals surface area contributed by atoms with E-state index in [2.05, 4.69) is 6.58 Å². The molecule has 2 rings (SSSR count). The predicted octanol–water partition coefficient (Wildman–Crippen LogP) is 2.38. The Labute approximate surface area is 158 Å². The van der Waals surface area contributed by atoms with Crippen LogP contribution in [0.15, 0.2) is 41.8 Å². The van der Waals surface area contributed by atoms with Crippen molar-refractivity contribution in [3.63, 3.8) is 0 Å². The zero-order chi connectivity index (χ0) is 19.3. The second kappa shape index (κ2) is 8.63. The number of hydrogen-bond donors (Lipinski definition) is 2.